The molecule has 3 aromatic rings. The molecule has 1 aliphatic rings. The standard InChI is InChI=1S/C24H26N4O4/c1-15(2)25-22(30)14-27-20-6-4-3-5-19(20)23(31)28(24(27)32)18-11-7-16(8-12-18)13-21(29)26-17-9-10-17/h3-8,11-12,15,17H,9-10,13-14H2,1-2H3,(H,25,30)(H,26,29). The van der Waals surface area contributed by atoms with Crippen molar-refractivity contribution in [3.8, 4) is 5.69 Å². The second-order valence-corrected chi connectivity index (χ2v) is 8.43. The minimum atomic E-state index is -0.591. The van der Waals surface area contributed by atoms with Crippen LogP contribution in [0, 0.1) is 0 Å². The first-order valence-electron chi connectivity index (χ1n) is 10.8. The van der Waals surface area contributed by atoms with E-state index in [4.69, 9.17) is 0 Å². The van der Waals surface area contributed by atoms with E-state index >= 15 is 0 Å². The van der Waals surface area contributed by atoms with Crippen molar-refractivity contribution in [2.75, 3.05) is 0 Å². The molecule has 2 aromatic carbocycles. The highest BCUT2D eigenvalue weighted by atomic mass is 16.2. The number of nitrogens with zero attached hydrogens (tertiary/aromatic N) is 2. The molecule has 0 unspecified atom stereocenters. The van der Waals surface area contributed by atoms with E-state index in [0.29, 0.717) is 22.6 Å². The molecule has 1 aliphatic carbocycles. The third kappa shape index (κ3) is 4.64. The van der Waals surface area contributed by atoms with Crippen molar-refractivity contribution >= 4 is 22.7 Å². The largest absolute Gasteiger partial charge is 0.353 e. The van der Waals surface area contributed by atoms with Crippen LogP contribution in [0.4, 0.5) is 0 Å². The van der Waals surface area contributed by atoms with Crippen LogP contribution >= 0.6 is 0 Å². The molecule has 0 atom stereocenters. The van der Waals surface area contributed by atoms with Crippen LogP contribution in [0.25, 0.3) is 16.6 Å². The number of aromatic nitrogens is 2. The molecule has 2 amide bonds. The van der Waals surface area contributed by atoms with E-state index in [1.54, 1.807) is 48.5 Å². The van der Waals surface area contributed by atoms with E-state index in [2.05, 4.69) is 10.6 Å². The molecule has 2 N–H and O–H groups in total. The number of para-hydroxylation sites is 1. The number of rotatable bonds is 7. The fraction of sp³-hybridized carbons (Fsp3) is 0.333. The Morgan fingerprint density at radius 2 is 1.69 bits per heavy atom. The van der Waals surface area contributed by atoms with Crippen LogP contribution in [0.15, 0.2) is 58.1 Å². The summed E-state index contributed by atoms with van der Waals surface area (Å²) < 4.78 is 2.38. The van der Waals surface area contributed by atoms with Crippen LogP contribution in [-0.4, -0.2) is 33.0 Å². The van der Waals surface area contributed by atoms with E-state index in [1.165, 1.54) is 4.57 Å². The summed E-state index contributed by atoms with van der Waals surface area (Å²) in [6.07, 6.45) is 2.29. The zero-order valence-electron chi connectivity index (χ0n) is 18.1. The number of fused-ring (bicyclic) bond motifs is 1. The average Bonchev–Trinajstić information content (AvgIpc) is 3.56. The topological polar surface area (TPSA) is 102 Å². The molecule has 1 saturated carbocycles. The second kappa shape index (κ2) is 8.82. The third-order valence-corrected chi connectivity index (χ3v) is 5.30. The van der Waals surface area contributed by atoms with Crippen molar-refractivity contribution in [3.05, 3.63) is 74.9 Å². The maximum absolute atomic E-state index is 13.3. The highest BCUT2D eigenvalue weighted by molar-refractivity contribution is 5.82. The van der Waals surface area contributed by atoms with E-state index in [1.807, 2.05) is 13.8 Å². The van der Waals surface area contributed by atoms with Crippen molar-refractivity contribution in [1.82, 2.24) is 19.8 Å². The van der Waals surface area contributed by atoms with Gasteiger partial charge in [0.2, 0.25) is 11.8 Å². The highest BCUT2D eigenvalue weighted by Crippen LogP contribution is 2.19. The quantitative estimate of drug-likeness (QED) is 0.588. The Morgan fingerprint density at radius 1 is 1.00 bits per heavy atom. The normalized spacial score (nSPS) is 13.3. The van der Waals surface area contributed by atoms with Crippen LogP contribution in [0.1, 0.15) is 32.3 Å². The predicted octanol–water partition coefficient (Wildman–Crippen LogP) is 1.50. The first kappa shape index (κ1) is 21.5. The molecular weight excluding hydrogens is 408 g/mol. The van der Waals surface area contributed by atoms with Gasteiger partial charge in [0.1, 0.15) is 6.54 Å². The van der Waals surface area contributed by atoms with Crippen LogP contribution in [0.5, 0.6) is 0 Å². The monoisotopic (exact) mass is 434 g/mol. The Morgan fingerprint density at radius 3 is 2.34 bits per heavy atom. The van der Waals surface area contributed by atoms with E-state index in [9.17, 15) is 19.2 Å². The Kier molecular flexibility index (Phi) is 5.94. The Balaban J connectivity index is 1.72. The third-order valence-electron chi connectivity index (χ3n) is 5.30. The lowest BCUT2D eigenvalue weighted by molar-refractivity contribution is -0.122. The van der Waals surface area contributed by atoms with Gasteiger partial charge >= 0.3 is 5.69 Å². The van der Waals surface area contributed by atoms with Gasteiger partial charge in [0, 0.05) is 12.1 Å². The number of amides is 2. The van der Waals surface area contributed by atoms with Gasteiger partial charge in [-0.05, 0) is 56.5 Å². The van der Waals surface area contributed by atoms with Gasteiger partial charge in [-0.1, -0.05) is 24.3 Å². The summed E-state index contributed by atoms with van der Waals surface area (Å²) in [4.78, 5) is 50.9. The summed E-state index contributed by atoms with van der Waals surface area (Å²) in [7, 11) is 0. The number of nitrogens with one attached hydrogen (secondary N) is 2. The summed E-state index contributed by atoms with van der Waals surface area (Å²) in [5, 5.41) is 6.06. The van der Waals surface area contributed by atoms with E-state index < -0.39 is 11.2 Å². The van der Waals surface area contributed by atoms with Gasteiger partial charge in [-0.2, -0.15) is 0 Å². The zero-order chi connectivity index (χ0) is 22.8. The Bertz CT molecular complexity index is 1280. The summed E-state index contributed by atoms with van der Waals surface area (Å²) in [6.45, 7) is 3.48. The van der Waals surface area contributed by atoms with Crippen molar-refractivity contribution in [1.29, 1.82) is 0 Å². The average molecular weight is 434 g/mol. The molecule has 4 rings (SSSR count). The molecular formula is C24H26N4O4. The van der Waals surface area contributed by atoms with Gasteiger partial charge in [-0.3, -0.25) is 19.0 Å². The fourth-order valence-electron chi connectivity index (χ4n) is 3.67. The maximum atomic E-state index is 13.3. The number of carbonyl (C=O) groups is 2. The number of benzene rings is 2. The SMILES string of the molecule is CC(C)NC(=O)Cn1c(=O)n(-c2ccc(CC(=O)NC3CC3)cc2)c(=O)c2ccccc21. The van der Waals surface area contributed by atoms with Crippen LogP contribution < -0.4 is 21.9 Å². The molecule has 0 saturated heterocycles. The van der Waals surface area contributed by atoms with Crippen molar-refractivity contribution in [3.63, 3.8) is 0 Å². The smallest absolute Gasteiger partial charge is 0.336 e. The van der Waals surface area contributed by atoms with Gasteiger partial charge in [-0.15, -0.1) is 0 Å². The molecule has 0 aliphatic heterocycles. The lowest BCUT2D eigenvalue weighted by Crippen LogP contribution is -2.42. The van der Waals surface area contributed by atoms with Gasteiger partial charge in [-0.25, -0.2) is 9.36 Å². The Hall–Kier alpha value is -3.68. The lowest BCUT2D eigenvalue weighted by atomic mass is 10.1. The molecule has 1 fully saturated rings. The molecule has 1 aromatic heterocycles. The minimum Gasteiger partial charge on any atom is -0.353 e. The summed E-state index contributed by atoms with van der Waals surface area (Å²) in [6, 6.07) is 13.7. The first-order valence-corrected chi connectivity index (χ1v) is 10.8. The van der Waals surface area contributed by atoms with Gasteiger partial charge in [0.15, 0.2) is 0 Å². The summed E-state index contributed by atoms with van der Waals surface area (Å²) in [5.41, 5.74) is 0.538. The molecule has 8 nitrogen and oxygen atoms in total. The maximum Gasteiger partial charge on any atom is 0.336 e. The fourth-order valence-corrected chi connectivity index (χ4v) is 3.67. The van der Waals surface area contributed by atoms with Gasteiger partial charge in [0.05, 0.1) is 23.0 Å². The van der Waals surface area contributed by atoms with E-state index in [-0.39, 0.29) is 30.8 Å². The van der Waals surface area contributed by atoms with Crippen molar-refractivity contribution in [2.24, 2.45) is 0 Å². The molecule has 32 heavy (non-hydrogen) atoms. The van der Waals surface area contributed by atoms with Gasteiger partial charge < -0.3 is 10.6 Å². The number of hydrogen-bond acceptors (Lipinski definition) is 4. The van der Waals surface area contributed by atoms with Crippen LogP contribution in [0.3, 0.4) is 0 Å². The lowest BCUT2D eigenvalue weighted by Gasteiger charge is -2.15. The second-order valence-electron chi connectivity index (χ2n) is 8.43. The predicted molar refractivity (Wildman–Crippen MR) is 122 cm³/mol. The van der Waals surface area contributed by atoms with Crippen LogP contribution in [-0.2, 0) is 22.6 Å². The van der Waals surface area contributed by atoms with E-state index in [0.717, 1.165) is 23.0 Å². The van der Waals surface area contributed by atoms with Crippen molar-refractivity contribution < 1.29 is 9.59 Å². The summed E-state index contributed by atoms with van der Waals surface area (Å²) in [5.74, 6) is -0.351. The van der Waals surface area contributed by atoms with Crippen LogP contribution in [0.2, 0.25) is 0 Å². The first-order chi connectivity index (χ1) is 15.3. The molecule has 1 heterocycles. The minimum absolute atomic E-state index is 0.0401. The van der Waals surface area contributed by atoms with Crippen molar-refractivity contribution in [2.45, 2.75) is 51.7 Å². The van der Waals surface area contributed by atoms with Gasteiger partial charge in [0.25, 0.3) is 5.56 Å². The molecule has 0 bridgehead atoms. The highest BCUT2D eigenvalue weighted by Gasteiger charge is 2.23. The molecule has 8 heteroatoms. The number of hydrogen-bond donors (Lipinski definition) is 2. The molecule has 0 radical (unpaired) electrons. The summed E-state index contributed by atoms with van der Waals surface area (Å²) >= 11 is 0. The Labute approximate surface area is 184 Å². The zero-order valence-corrected chi connectivity index (χ0v) is 18.1. The molecule has 166 valence electrons. The number of carbonyl (C=O) groups excluding carboxylic acids is 2. The molecule has 0 spiro atoms.